The van der Waals surface area contributed by atoms with Gasteiger partial charge in [0.1, 0.15) is 28.4 Å². The van der Waals surface area contributed by atoms with Gasteiger partial charge < -0.3 is 19.3 Å². The number of aromatic nitrogens is 4. The summed E-state index contributed by atoms with van der Waals surface area (Å²) in [4.78, 5) is 29.0. The highest BCUT2D eigenvalue weighted by atomic mass is 19.4. The van der Waals surface area contributed by atoms with E-state index in [0.717, 1.165) is 12.3 Å². The first-order chi connectivity index (χ1) is 16.4. The molecule has 0 atom stereocenters. The van der Waals surface area contributed by atoms with Crippen LogP contribution in [0.5, 0.6) is 0 Å². The van der Waals surface area contributed by atoms with Gasteiger partial charge in [0.25, 0.3) is 0 Å². The summed E-state index contributed by atoms with van der Waals surface area (Å²) in [6.07, 6.45) is -0.826. The largest absolute Gasteiger partial charge is 0.444 e. The van der Waals surface area contributed by atoms with Gasteiger partial charge in [0, 0.05) is 18.9 Å². The number of hydrogen-bond acceptors (Lipinski definition) is 7. The lowest BCUT2D eigenvalue weighted by molar-refractivity contribution is -0.144. The fraction of sp³-hybridized carbons (Fsp3) is 0.478. The number of anilines is 1. The number of pyridine rings is 1. The lowest BCUT2D eigenvalue weighted by Crippen LogP contribution is -2.71. The first-order valence-corrected chi connectivity index (χ1v) is 11.2. The molecule has 2 aliphatic rings. The van der Waals surface area contributed by atoms with E-state index in [1.54, 1.807) is 17.2 Å². The van der Waals surface area contributed by atoms with Crippen molar-refractivity contribution in [1.82, 2.24) is 24.3 Å². The molecule has 1 amide bonds. The number of morpholine rings is 1. The van der Waals surface area contributed by atoms with E-state index >= 15 is 0 Å². The van der Waals surface area contributed by atoms with Gasteiger partial charge in [-0.3, -0.25) is 4.40 Å². The normalized spacial score (nSPS) is 18.1. The van der Waals surface area contributed by atoms with Crippen LogP contribution in [0, 0.1) is 0 Å². The van der Waals surface area contributed by atoms with Crippen LogP contribution >= 0.6 is 0 Å². The minimum absolute atomic E-state index is 0.263. The molecule has 3 aromatic heterocycles. The van der Waals surface area contributed by atoms with Crippen LogP contribution in [0.3, 0.4) is 0 Å². The Morgan fingerprint density at radius 3 is 2.60 bits per heavy atom. The maximum atomic E-state index is 13.2. The molecular weight excluding hydrogens is 465 g/mol. The van der Waals surface area contributed by atoms with Crippen molar-refractivity contribution in [2.45, 2.75) is 38.1 Å². The fourth-order valence-corrected chi connectivity index (χ4v) is 4.30. The van der Waals surface area contributed by atoms with Gasteiger partial charge in [-0.1, -0.05) is 0 Å². The highest BCUT2D eigenvalue weighted by Gasteiger charge is 2.50. The van der Waals surface area contributed by atoms with Crippen molar-refractivity contribution in [3.05, 3.63) is 42.4 Å². The van der Waals surface area contributed by atoms with Crippen molar-refractivity contribution in [3.8, 4) is 11.5 Å². The number of amides is 1. The minimum atomic E-state index is -4.48. The molecule has 0 bridgehead atoms. The summed E-state index contributed by atoms with van der Waals surface area (Å²) in [5.41, 5.74) is -1.16. The third-order valence-corrected chi connectivity index (χ3v) is 5.89. The summed E-state index contributed by atoms with van der Waals surface area (Å²) in [5, 5.41) is 0. The second kappa shape index (κ2) is 8.08. The molecule has 0 saturated carbocycles. The molecule has 186 valence electrons. The number of hydrogen-bond donors (Lipinski definition) is 0. The van der Waals surface area contributed by atoms with Gasteiger partial charge in [-0.05, 0) is 39.0 Å². The van der Waals surface area contributed by atoms with E-state index < -0.39 is 22.9 Å². The molecule has 5 heterocycles. The number of fused-ring (bicyclic) bond motifs is 1. The van der Waals surface area contributed by atoms with Crippen molar-refractivity contribution < 1.29 is 27.4 Å². The number of imidazole rings is 1. The molecule has 0 aromatic carbocycles. The van der Waals surface area contributed by atoms with Crippen molar-refractivity contribution in [1.29, 1.82) is 0 Å². The molecule has 2 fully saturated rings. The molecule has 5 rings (SSSR count). The van der Waals surface area contributed by atoms with Gasteiger partial charge in [-0.2, -0.15) is 13.2 Å². The molecule has 3 aromatic rings. The molecule has 35 heavy (non-hydrogen) atoms. The number of nitrogens with zero attached hydrogens (tertiary/aromatic N) is 6. The quantitative estimate of drug-likeness (QED) is 0.542. The molecule has 2 saturated heterocycles. The Labute approximate surface area is 199 Å². The minimum Gasteiger partial charge on any atom is -0.444 e. The standard InChI is InChI=1S/C23H25F3N6O3/c1-21(2,3)35-20(33)31-13-22(14-31)12-30(8-9-34-22)18-6-7-27-19(29-18)16-10-28-17-5-4-15(11-32(16)17)23(24,25)26/h4-7,10-11H,8-9,12-14H2,1-3H3. The van der Waals surface area contributed by atoms with E-state index in [0.29, 0.717) is 49.9 Å². The van der Waals surface area contributed by atoms with Crippen molar-refractivity contribution in [2.75, 3.05) is 37.7 Å². The van der Waals surface area contributed by atoms with Crippen LogP contribution in [0.2, 0.25) is 0 Å². The lowest BCUT2D eigenvalue weighted by atomic mass is 9.92. The van der Waals surface area contributed by atoms with Crippen LogP contribution in [0.15, 0.2) is 36.8 Å². The van der Waals surface area contributed by atoms with E-state index in [4.69, 9.17) is 9.47 Å². The predicted octanol–water partition coefficient (Wildman–Crippen LogP) is 3.64. The smallest absolute Gasteiger partial charge is 0.417 e. The molecule has 12 heteroatoms. The zero-order valence-electron chi connectivity index (χ0n) is 19.5. The lowest BCUT2D eigenvalue weighted by Gasteiger charge is -2.53. The van der Waals surface area contributed by atoms with Crippen LogP contribution in [-0.2, 0) is 15.7 Å². The van der Waals surface area contributed by atoms with Crippen molar-refractivity contribution >= 4 is 17.6 Å². The van der Waals surface area contributed by atoms with Crippen LogP contribution in [0.1, 0.15) is 26.3 Å². The maximum Gasteiger partial charge on any atom is 0.417 e. The van der Waals surface area contributed by atoms with E-state index in [2.05, 4.69) is 15.0 Å². The highest BCUT2D eigenvalue weighted by Crippen LogP contribution is 2.33. The summed E-state index contributed by atoms with van der Waals surface area (Å²) in [6, 6.07) is 4.06. The zero-order chi connectivity index (χ0) is 25.0. The van der Waals surface area contributed by atoms with Crippen molar-refractivity contribution in [2.24, 2.45) is 0 Å². The SMILES string of the molecule is CC(C)(C)OC(=O)N1CC2(C1)CN(c1ccnc(-c3cnc4ccc(C(F)(F)F)cn34)n1)CCO2. The molecule has 0 unspecified atom stereocenters. The molecule has 0 aliphatic carbocycles. The Balaban J connectivity index is 1.35. The third-order valence-electron chi connectivity index (χ3n) is 5.89. The number of carbonyl (C=O) groups is 1. The Morgan fingerprint density at radius 2 is 1.89 bits per heavy atom. The summed E-state index contributed by atoms with van der Waals surface area (Å²) < 4.78 is 52.4. The molecule has 0 radical (unpaired) electrons. The second-order valence-corrected chi connectivity index (χ2v) is 9.82. The number of ether oxygens (including phenoxy) is 2. The second-order valence-electron chi connectivity index (χ2n) is 9.82. The van der Waals surface area contributed by atoms with E-state index in [9.17, 15) is 18.0 Å². The van der Waals surface area contributed by atoms with Gasteiger partial charge in [0.05, 0.1) is 38.0 Å². The summed E-state index contributed by atoms with van der Waals surface area (Å²) >= 11 is 0. The van der Waals surface area contributed by atoms with Gasteiger partial charge in [0.15, 0.2) is 5.82 Å². The van der Waals surface area contributed by atoms with Gasteiger partial charge in [0.2, 0.25) is 0 Å². The average Bonchev–Trinajstić information content (AvgIpc) is 3.19. The monoisotopic (exact) mass is 490 g/mol. The number of alkyl halides is 3. The molecular formula is C23H25F3N6O3. The Bertz CT molecular complexity index is 1260. The number of carbonyl (C=O) groups excluding carboxylic acids is 1. The maximum absolute atomic E-state index is 13.2. The summed E-state index contributed by atoms with van der Waals surface area (Å²) in [6.45, 7) is 7.81. The van der Waals surface area contributed by atoms with Gasteiger partial charge in [-0.15, -0.1) is 0 Å². The topological polar surface area (TPSA) is 85.1 Å². The predicted molar refractivity (Wildman–Crippen MR) is 120 cm³/mol. The summed E-state index contributed by atoms with van der Waals surface area (Å²) in [5.74, 6) is 0.883. The van der Waals surface area contributed by atoms with Crippen LogP contribution in [0.4, 0.5) is 23.8 Å². The van der Waals surface area contributed by atoms with Crippen LogP contribution < -0.4 is 4.90 Å². The number of halogens is 3. The van der Waals surface area contributed by atoms with Crippen LogP contribution in [0.25, 0.3) is 17.2 Å². The summed E-state index contributed by atoms with van der Waals surface area (Å²) in [7, 11) is 0. The molecule has 9 nitrogen and oxygen atoms in total. The highest BCUT2D eigenvalue weighted by molar-refractivity contribution is 5.70. The third kappa shape index (κ3) is 4.62. The average molecular weight is 490 g/mol. The van der Waals surface area contributed by atoms with Gasteiger partial charge >= 0.3 is 12.3 Å². The first kappa shape index (κ1) is 23.3. The Morgan fingerprint density at radius 1 is 1.11 bits per heavy atom. The Hall–Kier alpha value is -3.41. The fourth-order valence-electron chi connectivity index (χ4n) is 4.30. The van der Waals surface area contributed by atoms with E-state index in [-0.39, 0.29) is 11.9 Å². The first-order valence-electron chi connectivity index (χ1n) is 11.2. The zero-order valence-corrected chi connectivity index (χ0v) is 19.5. The number of rotatable bonds is 2. The molecule has 0 N–H and O–H groups in total. The van der Waals surface area contributed by atoms with Crippen molar-refractivity contribution in [3.63, 3.8) is 0 Å². The molecule has 2 aliphatic heterocycles. The van der Waals surface area contributed by atoms with E-state index in [1.165, 1.54) is 16.7 Å². The molecule has 1 spiro atoms. The van der Waals surface area contributed by atoms with E-state index in [1.807, 2.05) is 25.7 Å². The Kier molecular flexibility index (Phi) is 5.38. The van der Waals surface area contributed by atoms with Gasteiger partial charge in [-0.25, -0.2) is 19.7 Å². The van der Waals surface area contributed by atoms with Crippen LogP contribution in [-0.4, -0.2) is 74.3 Å². The number of likely N-dealkylation sites (tertiary alicyclic amines) is 1.